The third kappa shape index (κ3) is 3.67. The molecule has 23 heavy (non-hydrogen) atoms. The second-order valence-corrected chi connectivity index (χ2v) is 6.37. The van der Waals surface area contributed by atoms with Crippen molar-refractivity contribution < 1.29 is 4.52 Å². The summed E-state index contributed by atoms with van der Waals surface area (Å²) in [6, 6.07) is 16.5. The quantitative estimate of drug-likeness (QED) is 0.642. The normalized spacial score (nSPS) is 11.1. The first-order valence-electron chi connectivity index (χ1n) is 8.12. The van der Waals surface area contributed by atoms with Crippen LogP contribution in [-0.4, -0.2) is 10.1 Å². The van der Waals surface area contributed by atoms with Crippen LogP contribution in [0.5, 0.6) is 0 Å². The summed E-state index contributed by atoms with van der Waals surface area (Å²) < 4.78 is 5.48. The molecule has 0 saturated heterocycles. The SMILES string of the molecule is Cc1ccccc1-c1noc(-c2cccc(CCC(C)C)c2)n1. The lowest BCUT2D eigenvalue weighted by molar-refractivity contribution is 0.432. The number of benzene rings is 2. The minimum absolute atomic E-state index is 0.578. The molecule has 3 nitrogen and oxygen atoms in total. The number of hydrogen-bond acceptors (Lipinski definition) is 3. The Morgan fingerprint density at radius 3 is 2.65 bits per heavy atom. The summed E-state index contributed by atoms with van der Waals surface area (Å²) in [5, 5.41) is 4.14. The van der Waals surface area contributed by atoms with E-state index in [1.54, 1.807) is 0 Å². The second-order valence-electron chi connectivity index (χ2n) is 6.37. The number of nitrogens with zero attached hydrogens (tertiary/aromatic N) is 2. The molecule has 3 aromatic rings. The van der Waals surface area contributed by atoms with Gasteiger partial charge in [-0.25, -0.2) is 0 Å². The first-order valence-corrected chi connectivity index (χ1v) is 8.12. The molecule has 118 valence electrons. The molecule has 3 heteroatoms. The molecule has 0 bridgehead atoms. The first kappa shape index (κ1) is 15.5. The van der Waals surface area contributed by atoms with E-state index in [4.69, 9.17) is 4.52 Å². The summed E-state index contributed by atoms with van der Waals surface area (Å²) in [4.78, 5) is 4.57. The van der Waals surface area contributed by atoms with E-state index in [1.165, 1.54) is 12.0 Å². The van der Waals surface area contributed by atoms with Crippen LogP contribution < -0.4 is 0 Å². The summed E-state index contributed by atoms with van der Waals surface area (Å²) in [7, 11) is 0. The highest BCUT2D eigenvalue weighted by molar-refractivity contribution is 5.62. The number of aryl methyl sites for hydroxylation is 2. The van der Waals surface area contributed by atoms with E-state index in [-0.39, 0.29) is 0 Å². The topological polar surface area (TPSA) is 38.9 Å². The first-order chi connectivity index (χ1) is 11.1. The van der Waals surface area contributed by atoms with E-state index in [0.717, 1.165) is 23.1 Å². The van der Waals surface area contributed by atoms with Crippen LogP contribution in [0.15, 0.2) is 53.1 Å². The number of rotatable bonds is 5. The molecule has 0 N–H and O–H groups in total. The Hall–Kier alpha value is -2.42. The van der Waals surface area contributed by atoms with Crippen LogP contribution in [0.25, 0.3) is 22.8 Å². The van der Waals surface area contributed by atoms with Gasteiger partial charge < -0.3 is 4.52 Å². The van der Waals surface area contributed by atoms with Gasteiger partial charge >= 0.3 is 0 Å². The minimum Gasteiger partial charge on any atom is -0.334 e. The zero-order valence-electron chi connectivity index (χ0n) is 13.9. The van der Waals surface area contributed by atoms with E-state index in [0.29, 0.717) is 17.6 Å². The van der Waals surface area contributed by atoms with E-state index < -0.39 is 0 Å². The Balaban J connectivity index is 1.86. The van der Waals surface area contributed by atoms with Crippen LogP contribution in [0, 0.1) is 12.8 Å². The summed E-state index contributed by atoms with van der Waals surface area (Å²) in [6.45, 7) is 6.55. The van der Waals surface area contributed by atoms with Crippen LogP contribution in [-0.2, 0) is 6.42 Å². The van der Waals surface area contributed by atoms with Gasteiger partial charge in [-0.05, 0) is 48.9 Å². The Bertz CT molecular complexity index is 790. The molecule has 0 spiro atoms. The second kappa shape index (κ2) is 6.78. The molecule has 1 aromatic heterocycles. The average Bonchev–Trinajstić information content (AvgIpc) is 3.03. The molecular formula is C20H22N2O. The Morgan fingerprint density at radius 2 is 1.87 bits per heavy atom. The highest BCUT2D eigenvalue weighted by Crippen LogP contribution is 2.25. The van der Waals surface area contributed by atoms with Gasteiger partial charge in [0.05, 0.1) is 0 Å². The molecule has 0 radical (unpaired) electrons. The van der Waals surface area contributed by atoms with Crippen molar-refractivity contribution in [1.29, 1.82) is 0 Å². The summed E-state index contributed by atoms with van der Waals surface area (Å²) in [5.41, 5.74) is 4.45. The third-order valence-corrected chi connectivity index (χ3v) is 4.00. The van der Waals surface area contributed by atoms with Crippen molar-refractivity contribution in [3.05, 3.63) is 59.7 Å². The van der Waals surface area contributed by atoms with E-state index in [1.807, 2.05) is 24.3 Å². The predicted octanol–water partition coefficient (Wildman–Crippen LogP) is 5.30. The maximum atomic E-state index is 5.48. The number of hydrogen-bond donors (Lipinski definition) is 0. The molecule has 1 heterocycles. The van der Waals surface area contributed by atoms with Crippen LogP contribution >= 0.6 is 0 Å². The fraction of sp³-hybridized carbons (Fsp3) is 0.300. The molecule has 3 rings (SSSR count). The predicted molar refractivity (Wildman–Crippen MR) is 93.1 cm³/mol. The van der Waals surface area contributed by atoms with Crippen molar-refractivity contribution in [3.8, 4) is 22.8 Å². The molecule has 0 aliphatic heterocycles. The highest BCUT2D eigenvalue weighted by Gasteiger charge is 2.12. The van der Waals surface area contributed by atoms with Gasteiger partial charge in [0.2, 0.25) is 5.82 Å². The van der Waals surface area contributed by atoms with Gasteiger partial charge in [0.25, 0.3) is 5.89 Å². The third-order valence-electron chi connectivity index (χ3n) is 4.00. The zero-order valence-corrected chi connectivity index (χ0v) is 13.9. The van der Waals surface area contributed by atoms with Gasteiger partial charge in [-0.15, -0.1) is 0 Å². The molecule has 0 atom stereocenters. The van der Waals surface area contributed by atoms with Gasteiger partial charge in [-0.3, -0.25) is 0 Å². The van der Waals surface area contributed by atoms with Gasteiger partial charge in [-0.1, -0.05) is 55.4 Å². The molecule has 0 fully saturated rings. The standard InChI is InChI=1S/C20H22N2O/c1-14(2)11-12-16-8-6-9-17(13-16)20-21-19(22-23-20)18-10-5-4-7-15(18)3/h4-10,13-14H,11-12H2,1-3H3. The van der Waals surface area contributed by atoms with E-state index in [2.05, 4.69) is 55.2 Å². The van der Waals surface area contributed by atoms with E-state index in [9.17, 15) is 0 Å². The maximum Gasteiger partial charge on any atom is 0.258 e. The lowest BCUT2D eigenvalue weighted by Gasteiger charge is -2.05. The number of aromatic nitrogens is 2. The summed E-state index contributed by atoms with van der Waals surface area (Å²) >= 11 is 0. The smallest absolute Gasteiger partial charge is 0.258 e. The lowest BCUT2D eigenvalue weighted by Crippen LogP contribution is -1.92. The van der Waals surface area contributed by atoms with Crippen molar-refractivity contribution in [2.75, 3.05) is 0 Å². The average molecular weight is 306 g/mol. The Labute approximate surface area is 137 Å². The van der Waals surface area contributed by atoms with Gasteiger partial charge in [-0.2, -0.15) is 4.98 Å². The highest BCUT2D eigenvalue weighted by atomic mass is 16.5. The molecule has 0 saturated carbocycles. The fourth-order valence-corrected chi connectivity index (χ4v) is 2.59. The van der Waals surface area contributed by atoms with E-state index >= 15 is 0 Å². The molecule has 0 aliphatic carbocycles. The van der Waals surface area contributed by atoms with Gasteiger partial charge in [0, 0.05) is 11.1 Å². The van der Waals surface area contributed by atoms with Crippen LogP contribution in [0.2, 0.25) is 0 Å². The lowest BCUT2D eigenvalue weighted by atomic mass is 10.0. The molecule has 0 aliphatic rings. The summed E-state index contributed by atoms with van der Waals surface area (Å²) in [6.07, 6.45) is 2.26. The van der Waals surface area contributed by atoms with Crippen LogP contribution in [0.4, 0.5) is 0 Å². The Kier molecular flexibility index (Phi) is 4.56. The van der Waals surface area contributed by atoms with Crippen molar-refractivity contribution in [3.63, 3.8) is 0 Å². The fourth-order valence-electron chi connectivity index (χ4n) is 2.59. The maximum absolute atomic E-state index is 5.48. The van der Waals surface area contributed by atoms with Crippen LogP contribution in [0.3, 0.4) is 0 Å². The zero-order chi connectivity index (χ0) is 16.2. The van der Waals surface area contributed by atoms with Crippen molar-refractivity contribution >= 4 is 0 Å². The Morgan fingerprint density at radius 1 is 1.04 bits per heavy atom. The largest absolute Gasteiger partial charge is 0.334 e. The monoisotopic (exact) mass is 306 g/mol. The molecular weight excluding hydrogens is 284 g/mol. The van der Waals surface area contributed by atoms with Crippen molar-refractivity contribution in [2.45, 2.75) is 33.6 Å². The van der Waals surface area contributed by atoms with Gasteiger partial charge in [0.1, 0.15) is 0 Å². The summed E-state index contributed by atoms with van der Waals surface area (Å²) in [5.74, 6) is 1.93. The minimum atomic E-state index is 0.578. The van der Waals surface area contributed by atoms with Gasteiger partial charge in [0.15, 0.2) is 0 Å². The van der Waals surface area contributed by atoms with Crippen LogP contribution in [0.1, 0.15) is 31.4 Å². The van der Waals surface area contributed by atoms with Crippen molar-refractivity contribution in [1.82, 2.24) is 10.1 Å². The van der Waals surface area contributed by atoms with Crippen molar-refractivity contribution in [2.24, 2.45) is 5.92 Å². The molecule has 0 unspecified atom stereocenters. The molecule has 0 amide bonds. The molecule has 2 aromatic carbocycles.